The molecule has 2 aliphatic heterocycles. The molecular weight excluding hydrogens is 550 g/mol. The van der Waals surface area contributed by atoms with Gasteiger partial charge in [0, 0.05) is 71.9 Å². The lowest BCUT2D eigenvalue weighted by atomic mass is 9.89. The maximum absolute atomic E-state index is 17.0. The van der Waals surface area contributed by atoms with Gasteiger partial charge in [-0.25, -0.2) is 9.18 Å². The van der Waals surface area contributed by atoms with Crippen molar-refractivity contribution in [1.29, 1.82) is 0 Å². The van der Waals surface area contributed by atoms with Crippen LogP contribution in [0.25, 0.3) is 0 Å². The number of benzene rings is 1. The van der Waals surface area contributed by atoms with E-state index in [4.69, 9.17) is 18.9 Å². The minimum atomic E-state index is -4.52. The first-order chi connectivity index (χ1) is 19.5. The zero-order valence-electron chi connectivity index (χ0n) is 23.7. The highest BCUT2D eigenvalue weighted by molar-refractivity contribution is 5.86. The lowest BCUT2D eigenvalue weighted by Crippen LogP contribution is -2.53. The normalized spacial score (nSPS) is 28.3. The molecule has 0 bridgehead atoms. The Hall–Kier alpha value is -2.48. The van der Waals surface area contributed by atoms with E-state index < -0.39 is 35.3 Å². The smallest absolute Gasteiger partial charge is 0.416 e. The molecule has 1 aromatic rings. The Morgan fingerprint density at radius 2 is 2.00 bits per heavy atom. The summed E-state index contributed by atoms with van der Waals surface area (Å²) < 4.78 is 78.1. The third kappa shape index (κ3) is 7.30. The van der Waals surface area contributed by atoms with E-state index in [-0.39, 0.29) is 63.9 Å². The topological polar surface area (TPSA) is 89.6 Å². The van der Waals surface area contributed by atoms with Crippen molar-refractivity contribution in [2.24, 2.45) is 5.92 Å². The van der Waals surface area contributed by atoms with Crippen molar-refractivity contribution in [3.8, 4) is 0 Å². The molecule has 2 unspecified atom stereocenters. The van der Waals surface area contributed by atoms with E-state index in [0.717, 1.165) is 12.1 Å². The van der Waals surface area contributed by atoms with E-state index in [1.807, 2.05) is 0 Å². The van der Waals surface area contributed by atoms with Gasteiger partial charge in [0.05, 0.1) is 24.9 Å². The average Bonchev–Trinajstić information content (AvgIpc) is 3.26. The number of carbonyl (C=O) groups excluding carboxylic acids is 2. The van der Waals surface area contributed by atoms with Gasteiger partial charge < -0.3 is 34.1 Å². The second-order valence-electron chi connectivity index (χ2n) is 11.1. The average molecular weight is 590 g/mol. The second-order valence-corrected chi connectivity index (χ2v) is 11.1. The molecule has 230 valence electrons. The summed E-state index contributed by atoms with van der Waals surface area (Å²) >= 11 is 0. The Morgan fingerprint density at radius 3 is 2.71 bits per heavy atom. The number of nitrogens with one attached hydrogen (secondary N) is 1. The molecule has 3 aliphatic rings. The van der Waals surface area contributed by atoms with Gasteiger partial charge in [-0.05, 0) is 42.5 Å². The van der Waals surface area contributed by atoms with Gasteiger partial charge in [-0.3, -0.25) is 4.79 Å². The summed E-state index contributed by atoms with van der Waals surface area (Å²) in [5, 5.41) is 3.45. The number of carbonyl (C=O) groups is 2. The molecule has 1 aromatic carbocycles. The number of alkyl halides is 4. The molecule has 1 N–H and O–H groups in total. The van der Waals surface area contributed by atoms with Crippen molar-refractivity contribution in [1.82, 2.24) is 15.1 Å². The summed E-state index contributed by atoms with van der Waals surface area (Å²) in [5.74, 6) is -1.64. The Labute approximate surface area is 237 Å². The summed E-state index contributed by atoms with van der Waals surface area (Å²) in [6.45, 7) is 1.16. The summed E-state index contributed by atoms with van der Waals surface area (Å²) in [7, 11) is 4.54. The van der Waals surface area contributed by atoms with Crippen LogP contribution in [-0.2, 0) is 42.9 Å². The molecule has 1 aliphatic carbocycles. The largest absolute Gasteiger partial charge is 0.447 e. The molecule has 2 amide bonds. The minimum Gasteiger partial charge on any atom is -0.447 e. The molecule has 1 saturated carbocycles. The molecule has 0 radical (unpaired) electrons. The van der Waals surface area contributed by atoms with Crippen LogP contribution in [0.3, 0.4) is 0 Å². The van der Waals surface area contributed by atoms with Crippen LogP contribution in [0.1, 0.15) is 36.0 Å². The first kappa shape index (κ1) is 31.5. The monoisotopic (exact) mass is 589 g/mol. The van der Waals surface area contributed by atoms with Crippen molar-refractivity contribution in [3.63, 3.8) is 0 Å². The number of halogens is 4. The van der Waals surface area contributed by atoms with E-state index in [9.17, 15) is 22.8 Å². The molecule has 9 nitrogen and oxygen atoms in total. The van der Waals surface area contributed by atoms with E-state index >= 15 is 4.39 Å². The molecule has 2 fully saturated rings. The number of nitrogens with zero attached hydrogens (tertiary/aromatic N) is 2. The van der Waals surface area contributed by atoms with Gasteiger partial charge in [-0.2, -0.15) is 13.2 Å². The zero-order valence-corrected chi connectivity index (χ0v) is 23.7. The van der Waals surface area contributed by atoms with Crippen molar-refractivity contribution in [3.05, 3.63) is 34.9 Å². The van der Waals surface area contributed by atoms with Crippen molar-refractivity contribution in [2.45, 2.75) is 62.3 Å². The van der Waals surface area contributed by atoms with Gasteiger partial charge in [0.2, 0.25) is 0 Å². The van der Waals surface area contributed by atoms with Gasteiger partial charge in [0.15, 0.2) is 5.67 Å². The van der Waals surface area contributed by atoms with Crippen molar-refractivity contribution >= 4 is 12.0 Å². The van der Waals surface area contributed by atoms with Crippen LogP contribution in [0.4, 0.5) is 22.4 Å². The number of hydrogen-bond acceptors (Lipinski definition) is 7. The second kappa shape index (κ2) is 13.2. The third-order valence-electron chi connectivity index (χ3n) is 8.32. The fourth-order valence-electron chi connectivity index (χ4n) is 6.08. The Balaban J connectivity index is 1.53. The maximum Gasteiger partial charge on any atom is 0.416 e. The molecule has 0 spiro atoms. The SMILES string of the molecule is COCCOC(=O)N(C)C[C@@H]1C[C@@H](NC2CCOCC2OC)C[C@@]1(F)C(=O)N1CCc2ccc(C(F)(F)F)cc2C1. The molecule has 5 atom stereocenters. The summed E-state index contributed by atoms with van der Waals surface area (Å²) in [6, 6.07) is 3.00. The van der Waals surface area contributed by atoms with E-state index in [0.29, 0.717) is 37.2 Å². The van der Waals surface area contributed by atoms with Crippen LogP contribution >= 0.6 is 0 Å². The lowest BCUT2D eigenvalue weighted by molar-refractivity contribution is -0.148. The first-order valence-electron chi connectivity index (χ1n) is 13.9. The van der Waals surface area contributed by atoms with E-state index in [1.54, 1.807) is 7.11 Å². The first-order valence-corrected chi connectivity index (χ1v) is 13.9. The summed E-state index contributed by atoms with van der Waals surface area (Å²) in [5.41, 5.74) is -2.08. The number of fused-ring (bicyclic) bond motifs is 1. The van der Waals surface area contributed by atoms with Crippen molar-refractivity contribution < 1.29 is 46.1 Å². The molecule has 0 aromatic heterocycles. The highest BCUT2D eigenvalue weighted by Crippen LogP contribution is 2.43. The van der Waals surface area contributed by atoms with Crippen molar-refractivity contribution in [2.75, 3.05) is 60.8 Å². The fourth-order valence-corrected chi connectivity index (χ4v) is 6.08. The van der Waals surface area contributed by atoms with E-state index in [2.05, 4.69) is 5.32 Å². The van der Waals surface area contributed by atoms with Gasteiger partial charge in [0.25, 0.3) is 5.91 Å². The highest BCUT2D eigenvalue weighted by Gasteiger charge is 2.56. The van der Waals surface area contributed by atoms with Crippen LogP contribution in [0.2, 0.25) is 0 Å². The Kier molecular flexibility index (Phi) is 10.1. The van der Waals surface area contributed by atoms with Crippen LogP contribution in [0.15, 0.2) is 18.2 Å². The number of hydrogen-bond donors (Lipinski definition) is 1. The number of amides is 2. The third-order valence-corrected chi connectivity index (χ3v) is 8.32. The van der Waals surface area contributed by atoms with Gasteiger partial charge >= 0.3 is 12.3 Å². The molecule has 41 heavy (non-hydrogen) atoms. The number of ether oxygens (including phenoxy) is 4. The van der Waals surface area contributed by atoms with Gasteiger partial charge in [-0.1, -0.05) is 6.07 Å². The van der Waals surface area contributed by atoms with Crippen LogP contribution in [0, 0.1) is 5.92 Å². The van der Waals surface area contributed by atoms with Gasteiger partial charge in [-0.15, -0.1) is 0 Å². The summed E-state index contributed by atoms with van der Waals surface area (Å²) in [6.07, 6.45) is -4.30. The molecule has 13 heteroatoms. The van der Waals surface area contributed by atoms with Crippen LogP contribution in [-0.4, -0.2) is 106 Å². The fraction of sp³-hybridized carbons (Fsp3) is 0.714. The van der Waals surface area contributed by atoms with Crippen LogP contribution in [0.5, 0.6) is 0 Å². The molecular formula is C28H39F4N3O6. The molecule has 1 saturated heterocycles. The quantitative estimate of drug-likeness (QED) is 0.350. The predicted molar refractivity (Wildman–Crippen MR) is 140 cm³/mol. The van der Waals surface area contributed by atoms with Crippen LogP contribution < -0.4 is 5.32 Å². The predicted octanol–water partition coefficient (Wildman–Crippen LogP) is 3.19. The van der Waals surface area contributed by atoms with Gasteiger partial charge in [0.1, 0.15) is 6.61 Å². The maximum atomic E-state index is 17.0. The number of methoxy groups -OCH3 is 2. The Bertz CT molecular complexity index is 1080. The lowest BCUT2D eigenvalue weighted by Gasteiger charge is -2.37. The Morgan fingerprint density at radius 1 is 1.22 bits per heavy atom. The molecule has 2 heterocycles. The highest BCUT2D eigenvalue weighted by atomic mass is 19.4. The minimum absolute atomic E-state index is 0.0312. The zero-order chi connectivity index (χ0) is 29.8. The summed E-state index contributed by atoms with van der Waals surface area (Å²) in [4.78, 5) is 28.9. The molecule has 4 rings (SSSR count). The number of rotatable bonds is 9. The standard InChI is InChI=1S/C28H39F4N3O6/c1-34(26(37)41-11-10-38-2)16-21-13-22(33-23-7-9-40-17-24(23)39-3)14-27(21,29)25(36)35-8-6-18-4-5-20(28(30,31)32)12-19(18)15-35/h4-5,12,21-24,33H,6-11,13-17H2,1-3H3/t21-,22+,23?,24?,27-/m0/s1. The van der Waals surface area contributed by atoms with E-state index in [1.165, 1.54) is 30.0 Å².